The lowest BCUT2D eigenvalue weighted by atomic mass is 10.2. The molecule has 2 aromatic rings. The number of alkyl halides is 3. The van der Waals surface area contributed by atoms with E-state index in [4.69, 9.17) is 0 Å². The van der Waals surface area contributed by atoms with Gasteiger partial charge in [-0.25, -0.2) is 9.13 Å². The van der Waals surface area contributed by atoms with Crippen molar-refractivity contribution in [3.8, 4) is 5.75 Å². The van der Waals surface area contributed by atoms with Gasteiger partial charge in [0.05, 0.1) is 6.54 Å². The first-order chi connectivity index (χ1) is 9.90. The van der Waals surface area contributed by atoms with Gasteiger partial charge in [-0.2, -0.15) is 0 Å². The molecule has 1 aromatic heterocycles. The molecule has 3 nitrogen and oxygen atoms in total. The normalized spacial score (nSPS) is 11.7. The Hall–Kier alpha value is -1.98. The smallest absolute Gasteiger partial charge is 0.405 e. The van der Waals surface area contributed by atoms with Crippen LogP contribution in [0.4, 0.5) is 13.2 Å². The number of para-hydroxylation sites is 1. The van der Waals surface area contributed by atoms with E-state index in [-0.39, 0.29) is 5.75 Å². The molecule has 0 aliphatic rings. The summed E-state index contributed by atoms with van der Waals surface area (Å²) in [6.45, 7) is 5.26. The molecule has 0 saturated carbocycles. The molecule has 0 atom stereocenters. The molecule has 0 bridgehead atoms. The fraction of sp³-hybridized carbons (Fsp3) is 0.400. The van der Waals surface area contributed by atoms with Crippen LogP contribution in [0.2, 0.25) is 0 Å². The zero-order valence-corrected chi connectivity index (χ0v) is 12.0. The van der Waals surface area contributed by atoms with Gasteiger partial charge < -0.3 is 4.74 Å². The Morgan fingerprint density at radius 3 is 2.62 bits per heavy atom. The van der Waals surface area contributed by atoms with Crippen LogP contribution in [0.25, 0.3) is 0 Å². The number of nitrogens with zero attached hydrogens (tertiary/aromatic N) is 2. The molecule has 0 radical (unpaired) electrons. The van der Waals surface area contributed by atoms with Gasteiger partial charge >= 0.3 is 6.36 Å². The summed E-state index contributed by atoms with van der Waals surface area (Å²) >= 11 is 0. The van der Waals surface area contributed by atoms with Crippen molar-refractivity contribution >= 4 is 0 Å². The molecule has 0 aliphatic heterocycles. The second-order valence-electron chi connectivity index (χ2n) is 4.82. The van der Waals surface area contributed by atoms with E-state index < -0.39 is 6.36 Å². The number of hydrogen-bond donors (Lipinski definition) is 0. The summed E-state index contributed by atoms with van der Waals surface area (Å²) in [4.78, 5) is 0. The van der Waals surface area contributed by atoms with E-state index in [1.165, 1.54) is 12.1 Å². The van der Waals surface area contributed by atoms with Gasteiger partial charge in [0, 0.05) is 12.5 Å². The second kappa shape index (κ2) is 6.20. The molecular weight excluding hydrogens is 281 g/mol. The van der Waals surface area contributed by atoms with Gasteiger partial charge in [-0.15, -0.1) is 13.2 Å². The maximum absolute atomic E-state index is 12.4. The highest BCUT2D eigenvalue weighted by molar-refractivity contribution is 5.32. The van der Waals surface area contributed by atoms with E-state index in [0.29, 0.717) is 12.1 Å². The highest BCUT2D eigenvalue weighted by Gasteiger charge is 2.32. The van der Waals surface area contributed by atoms with Gasteiger partial charge in [-0.1, -0.05) is 25.1 Å². The minimum atomic E-state index is -4.68. The molecule has 0 spiro atoms. The fourth-order valence-electron chi connectivity index (χ4n) is 2.23. The van der Waals surface area contributed by atoms with Crippen LogP contribution in [0.3, 0.4) is 0 Å². The van der Waals surface area contributed by atoms with Crippen LogP contribution in [0.5, 0.6) is 5.75 Å². The van der Waals surface area contributed by atoms with Crippen LogP contribution < -0.4 is 9.30 Å². The molecule has 2 rings (SSSR count). The van der Waals surface area contributed by atoms with Crippen LogP contribution >= 0.6 is 0 Å². The van der Waals surface area contributed by atoms with Crippen molar-refractivity contribution < 1.29 is 22.5 Å². The number of aromatic nitrogens is 2. The van der Waals surface area contributed by atoms with Crippen molar-refractivity contribution in [3.05, 3.63) is 48.0 Å². The van der Waals surface area contributed by atoms with Crippen molar-refractivity contribution in [2.75, 3.05) is 0 Å². The third-order valence-corrected chi connectivity index (χ3v) is 3.26. The second-order valence-corrected chi connectivity index (χ2v) is 4.82. The highest BCUT2D eigenvalue weighted by atomic mass is 19.4. The summed E-state index contributed by atoms with van der Waals surface area (Å²) in [5, 5.41) is 0. The van der Waals surface area contributed by atoms with Crippen molar-refractivity contribution in [1.29, 1.82) is 0 Å². The largest absolute Gasteiger partial charge is 0.573 e. The van der Waals surface area contributed by atoms with Crippen molar-refractivity contribution in [2.24, 2.45) is 0 Å². The lowest BCUT2D eigenvalue weighted by molar-refractivity contribution is -0.694. The van der Waals surface area contributed by atoms with Gasteiger partial charge in [-0.3, -0.25) is 0 Å². The molecule has 0 aliphatic carbocycles. The summed E-state index contributed by atoms with van der Waals surface area (Å²) in [5.74, 6) is 0.846. The number of ether oxygens (including phenoxy) is 1. The lowest BCUT2D eigenvalue weighted by Gasteiger charge is -2.12. The van der Waals surface area contributed by atoms with Gasteiger partial charge in [0.15, 0.2) is 0 Å². The Morgan fingerprint density at radius 1 is 1.24 bits per heavy atom. The molecule has 0 fully saturated rings. The first-order valence-corrected chi connectivity index (χ1v) is 6.79. The topological polar surface area (TPSA) is 18.0 Å². The first-order valence-electron chi connectivity index (χ1n) is 6.79. The number of imidazole rings is 1. The third kappa shape index (κ3) is 4.00. The SMILES string of the molecule is CCCn1cc[n+](Cc2ccccc2OC(F)(F)F)c1C. The average molecular weight is 299 g/mol. The van der Waals surface area contributed by atoms with Crippen LogP contribution in [0.1, 0.15) is 24.7 Å². The predicted molar refractivity (Wildman–Crippen MR) is 71.9 cm³/mol. The zero-order valence-electron chi connectivity index (χ0n) is 12.0. The first kappa shape index (κ1) is 15.4. The quantitative estimate of drug-likeness (QED) is 0.773. The number of hydrogen-bond acceptors (Lipinski definition) is 1. The Morgan fingerprint density at radius 2 is 1.95 bits per heavy atom. The Labute approximate surface area is 121 Å². The van der Waals surface area contributed by atoms with E-state index in [9.17, 15) is 13.2 Å². The summed E-state index contributed by atoms with van der Waals surface area (Å²) in [6, 6.07) is 6.22. The molecule has 0 amide bonds. The van der Waals surface area contributed by atoms with E-state index >= 15 is 0 Å². The molecule has 1 aromatic carbocycles. The number of benzene rings is 1. The van der Waals surface area contributed by atoms with Crippen LogP contribution in [0.15, 0.2) is 36.7 Å². The molecule has 0 unspecified atom stereocenters. The number of halogens is 3. The van der Waals surface area contributed by atoms with E-state index in [1.807, 2.05) is 23.9 Å². The van der Waals surface area contributed by atoms with Crippen LogP contribution in [-0.4, -0.2) is 10.9 Å². The van der Waals surface area contributed by atoms with Gasteiger partial charge in [-0.05, 0) is 12.5 Å². The number of rotatable bonds is 5. The monoisotopic (exact) mass is 299 g/mol. The Kier molecular flexibility index (Phi) is 4.55. The average Bonchev–Trinajstić information content (AvgIpc) is 2.73. The van der Waals surface area contributed by atoms with Gasteiger partial charge in [0.1, 0.15) is 24.7 Å². The van der Waals surface area contributed by atoms with Crippen molar-refractivity contribution in [2.45, 2.75) is 39.7 Å². The molecule has 114 valence electrons. The summed E-state index contributed by atoms with van der Waals surface area (Å²) < 4.78 is 45.3. The summed E-state index contributed by atoms with van der Waals surface area (Å²) in [7, 11) is 0. The molecule has 6 heteroatoms. The van der Waals surface area contributed by atoms with Gasteiger partial charge in [0.2, 0.25) is 0 Å². The number of aryl methyl sites for hydroxylation is 1. The Balaban J connectivity index is 2.24. The van der Waals surface area contributed by atoms with E-state index in [0.717, 1.165) is 18.8 Å². The maximum Gasteiger partial charge on any atom is 0.573 e. The lowest BCUT2D eigenvalue weighted by Crippen LogP contribution is -2.36. The highest BCUT2D eigenvalue weighted by Crippen LogP contribution is 2.26. The van der Waals surface area contributed by atoms with Gasteiger partial charge in [0.25, 0.3) is 5.82 Å². The standard InChI is InChI=1S/C15H18F3N2O/c1-3-8-19-9-10-20(12(19)2)11-13-6-4-5-7-14(13)21-15(16,17)18/h4-7,9-10H,3,8,11H2,1-2H3/q+1. The minimum absolute atomic E-state index is 0.153. The maximum atomic E-state index is 12.4. The molecule has 0 saturated heterocycles. The molecular formula is C15H18F3N2O+. The zero-order chi connectivity index (χ0) is 15.5. The summed E-state index contributed by atoms with van der Waals surface area (Å²) in [6.07, 6.45) is 0.134. The van der Waals surface area contributed by atoms with E-state index in [2.05, 4.69) is 16.2 Å². The molecule has 0 N–H and O–H groups in total. The van der Waals surface area contributed by atoms with Crippen molar-refractivity contribution in [1.82, 2.24) is 4.57 Å². The van der Waals surface area contributed by atoms with Crippen molar-refractivity contribution in [3.63, 3.8) is 0 Å². The summed E-state index contributed by atoms with van der Waals surface area (Å²) in [5.41, 5.74) is 0.497. The van der Waals surface area contributed by atoms with Crippen LogP contribution in [-0.2, 0) is 13.1 Å². The third-order valence-electron chi connectivity index (χ3n) is 3.26. The fourth-order valence-corrected chi connectivity index (χ4v) is 2.23. The Bertz CT molecular complexity index is 605. The molecule has 21 heavy (non-hydrogen) atoms. The van der Waals surface area contributed by atoms with Crippen LogP contribution in [0, 0.1) is 6.92 Å². The molecule has 1 heterocycles. The van der Waals surface area contributed by atoms with E-state index in [1.54, 1.807) is 12.1 Å². The minimum Gasteiger partial charge on any atom is -0.405 e. The predicted octanol–water partition coefficient (Wildman–Crippen LogP) is 3.44.